The molecule has 0 bridgehead atoms. The quantitative estimate of drug-likeness (QED) is 0.790. The summed E-state index contributed by atoms with van der Waals surface area (Å²) in [4.78, 5) is 18.0. The highest BCUT2D eigenvalue weighted by molar-refractivity contribution is 6.01. The minimum absolute atomic E-state index is 0.0379. The number of fused-ring (bicyclic) bond motifs is 1. The predicted molar refractivity (Wildman–Crippen MR) is 98.7 cm³/mol. The summed E-state index contributed by atoms with van der Waals surface area (Å²) < 4.78 is 1.98. The lowest BCUT2D eigenvalue weighted by Crippen LogP contribution is -2.28. The van der Waals surface area contributed by atoms with Crippen molar-refractivity contribution in [1.82, 2.24) is 24.6 Å². The monoisotopic (exact) mass is 339 g/mol. The highest BCUT2D eigenvalue weighted by atomic mass is 16.2. The number of nitrogens with zero attached hydrogens (tertiary/aromatic N) is 4. The third kappa shape index (κ3) is 3.04. The van der Waals surface area contributed by atoms with E-state index in [9.17, 15) is 4.79 Å². The molecule has 2 aromatic heterocycles. The fourth-order valence-electron chi connectivity index (χ4n) is 3.28. The van der Waals surface area contributed by atoms with Crippen molar-refractivity contribution in [1.29, 1.82) is 0 Å². The lowest BCUT2D eigenvalue weighted by Gasteiger charge is -2.18. The fraction of sp³-hybridized carbons (Fsp3) is 0.421. The number of carbonyl (C=O) groups is 1. The van der Waals surface area contributed by atoms with Crippen LogP contribution in [0, 0.1) is 20.8 Å². The van der Waals surface area contributed by atoms with Gasteiger partial charge in [-0.15, -0.1) is 10.2 Å². The van der Waals surface area contributed by atoms with Crippen molar-refractivity contribution in [2.45, 2.75) is 47.2 Å². The van der Waals surface area contributed by atoms with Crippen LogP contribution >= 0.6 is 0 Å². The Balaban J connectivity index is 1.92. The van der Waals surface area contributed by atoms with Gasteiger partial charge in [-0.05, 0) is 51.8 Å². The van der Waals surface area contributed by atoms with Crippen molar-refractivity contribution >= 4 is 16.8 Å². The minimum atomic E-state index is -0.0379. The van der Waals surface area contributed by atoms with Crippen LogP contribution in [0.5, 0.6) is 0 Å². The largest absolute Gasteiger partial charge is 0.350 e. The lowest BCUT2D eigenvalue weighted by atomic mass is 10.1. The minimum Gasteiger partial charge on any atom is -0.350 e. The molecule has 0 spiro atoms. The van der Waals surface area contributed by atoms with Gasteiger partial charge >= 0.3 is 0 Å². The maximum Gasteiger partial charge on any atom is 0.270 e. The number of benzene rings is 1. The van der Waals surface area contributed by atoms with Crippen LogP contribution in [0.3, 0.4) is 0 Å². The number of hydrogen-bond donors (Lipinski definition) is 1. The molecule has 2 heterocycles. The summed E-state index contributed by atoms with van der Waals surface area (Å²) in [6.07, 6.45) is 1.71. The molecule has 25 heavy (non-hydrogen) atoms. The summed E-state index contributed by atoms with van der Waals surface area (Å²) >= 11 is 0. The first-order valence-electron chi connectivity index (χ1n) is 8.53. The Labute approximate surface area is 147 Å². The molecule has 0 unspecified atom stereocenters. The summed E-state index contributed by atoms with van der Waals surface area (Å²) in [6, 6.07) is 4.51. The number of rotatable bonds is 4. The normalized spacial score (nSPS) is 11.5. The van der Waals surface area contributed by atoms with Gasteiger partial charge in [0.2, 0.25) is 0 Å². The van der Waals surface area contributed by atoms with Crippen molar-refractivity contribution in [3.8, 4) is 0 Å². The van der Waals surface area contributed by atoms with Crippen molar-refractivity contribution in [2.24, 2.45) is 0 Å². The second kappa shape index (κ2) is 6.35. The Kier molecular flexibility index (Phi) is 4.37. The molecule has 1 aromatic carbocycles. The van der Waals surface area contributed by atoms with E-state index in [4.69, 9.17) is 0 Å². The fourth-order valence-corrected chi connectivity index (χ4v) is 3.28. The van der Waals surface area contributed by atoms with Gasteiger partial charge in [0, 0.05) is 24.0 Å². The van der Waals surface area contributed by atoms with E-state index in [1.54, 1.807) is 18.3 Å². The van der Waals surface area contributed by atoms with Crippen LogP contribution in [0.15, 0.2) is 18.5 Å². The molecule has 0 aliphatic heterocycles. The summed E-state index contributed by atoms with van der Waals surface area (Å²) in [5.41, 5.74) is 5.01. The van der Waals surface area contributed by atoms with Gasteiger partial charge in [-0.3, -0.25) is 4.79 Å². The van der Waals surface area contributed by atoms with E-state index in [1.807, 2.05) is 11.5 Å². The molecular weight excluding hydrogens is 314 g/mol. The zero-order chi connectivity index (χ0) is 18.3. The van der Waals surface area contributed by atoms with E-state index in [-0.39, 0.29) is 11.9 Å². The van der Waals surface area contributed by atoms with Crippen LogP contribution in [0.25, 0.3) is 10.9 Å². The molecule has 6 heteroatoms. The molecule has 0 aliphatic rings. The van der Waals surface area contributed by atoms with Gasteiger partial charge < -0.3 is 14.5 Å². The molecule has 132 valence electrons. The predicted octanol–water partition coefficient (Wildman–Crippen LogP) is 3.54. The Morgan fingerprint density at radius 3 is 2.68 bits per heavy atom. The number of carbonyl (C=O) groups excluding carboxylic acids is 1. The Bertz CT molecular complexity index is 935. The molecule has 0 saturated heterocycles. The number of nitrogens with one attached hydrogen (secondary N) is 1. The molecule has 0 aliphatic carbocycles. The van der Waals surface area contributed by atoms with Crippen LogP contribution in [0.2, 0.25) is 0 Å². The number of H-pyrrole nitrogens is 1. The average molecular weight is 339 g/mol. The summed E-state index contributed by atoms with van der Waals surface area (Å²) in [7, 11) is 1.80. The molecule has 6 nitrogen and oxygen atoms in total. The highest BCUT2D eigenvalue weighted by Gasteiger charge is 2.21. The van der Waals surface area contributed by atoms with Crippen molar-refractivity contribution in [3.63, 3.8) is 0 Å². The maximum atomic E-state index is 13.0. The second-order valence-corrected chi connectivity index (χ2v) is 7.04. The molecule has 0 radical (unpaired) electrons. The van der Waals surface area contributed by atoms with Crippen LogP contribution in [0.1, 0.15) is 52.9 Å². The lowest BCUT2D eigenvalue weighted by molar-refractivity contribution is 0.0774. The van der Waals surface area contributed by atoms with Gasteiger partial charge in [0.25, 0.3) is 5.91 Å². The van der Waals surface area contributed by atoms with E-state index in [0.717, 1.165) is 27.9 Å². The van der Waals surface area contributed by atoms with Gasteiger partial charge in [-0.25, -0.2) is 0 Å². The van der Waals surface area contributed by atoms with Crippen LogP contribution in [-0.2, 0) is 6.54 Å². The average Bonchev–Trinajstić information content (AvgIpc) is 3.12. The van der Waals surface area contributed by atoms with Crippen molar-refractivity contribution in [3.05, 3.63) is 46.7 Å². The van der Waals surface area contributed by atoms with Crippen molar-refractivity contribution < 1.29 is 4.79 Å². The first-order valence-corrected chi connectivity index (χ1v) is 8.53. The number of aromatic amines is 1. The SMILES string of the molecule is Cc1cc(C)c2[nH]c(C(=O)N(C)Cc3nncn3C(C)C)c(C)c2c1. The first kappa shape index (κ1) is 17.2. The van der Waals surface area contributed by atoms with E-state index in [0.29, 0.717) is 12.2 Å². The zero-order valence-electron chi connectivity index (χ0n) is 15.7. The van der Waals surface area contributed by atoms with Crippen LogP contribution < -0.4 is 0 Å². The molecule has 3 aromatic rings. The van der Waals surface area contributed by atoms with Gasteiger partial charge in [0.15, 0.2) is 5.82 Å². The third-order valence-corrected chi connectivity index (χ3v) is 4.65. The number of aryl methyl sites for hydroxylation is 3. The van der Waals surface area contributed by atoms with Gasteiger partial charge in [0.05, 0.1) is 6.54 Å². The molecular formula is C19H25N5O. The van der Waals surface area contributed by atoms with E-state index in [2.05, 4.69) is 55.0 Å². The zero-order valence-corrected chi connectivity index (χ0v) is 15.7. The molecule has 0 fully saturated rings. The maximum absolute atomic E-state index is 13.0. The Morgan fingerprint density at radius 1 is 1.28 bits per heavy atom. The summed E-state index contributed by atoms with van der Waals surface area (Å²) in [5.74, 6) is 0.746. The second-order valence-electron chi connectivity index (χ2n) is 7.04. The number of hydrogen-bond acceptors (Lipinski definition) is 3. The number of aromatic nitrogens is 4. The standard InChI is InChI=1S/C19H25N5O/c1-11(2)24-10-20-22-16(24)9-23(6)19(25)18-14(5)15-8-12(3)7-13(4)17(15)21-18/h7-8,10-11,21H,9H2,1-6H3. The first-order chi connectivity index (χ1) is 11.8. The molecule has 1 amide bonds. The van der Waals surface area contributed by atoms with Crippen molar-refractivity contribution in [2.75, 3.05) is 7.05 Å². The van der Waals surface area contributed by atoms with Crippen LogP contribution in [0.4, 0.5) is 0 Å². The van der Waals surface area contributed by atoms with Gasteiger partial charge in [-0.1, -0.05) is 11.6 Å². The van der Waals surface area contributed by atoms with E-state index < -0.39 is 0 Å². The van der Waals surface area contributed by atoms with E-state index >= 15 is 0 Å². The molecule has 1 N–H and O–H groups in total. The topological polar surface area (TPSA) is 66.8 Å². The summed E-state index contributed by atoms with van der Waals surface area (Å²) in [5, 5.41) is 9.23. The number of amides is 1. The molecule has 3 rings (SSSR count). The summed E-state index contributed by atoms with van der Waals surface area (Å²) in [6.45, 7) is 10.7. The Morgan fingerprint density at radius 2 is 2.00 bits per heavy atom. The highest BCUT2D eigenvalue weighted by Crippen LogP contribution is 2.26. The smallest absolute Gasteiger partial charge is 0.270 e. The van der Waals surface area contributed by atoms with Gasteiger partial charge in [0.1, 0.15) is 12.0 Å². The van der Waals surface area contributed by atoms with E-state index in [1.165, 1.54) is 5.56 Å². The Hall–Kier alpha value is -2.63. The third-order valence-electron chi connectivity index (χ3n) is 4.65. The van der Waals surface area contributed by atoms with Gasteiger partial charge in [-0.2, -0.15) is 0 Å². The van der Waals surface area contributed by atoms with Crippen LogP contribution in [-0.4, -0.2) is 37.6 Å². The molecule has 0 atom stereocenters. The molecule has 0 saturated carbocycles.